The monoisotopic (exact) mass is 242 g/mol. The number of hydrogen-bond donors (Lipinski definition) is 2. The van der Waals surface area contributed by atoms with Crippen molar-refractivity contribution >= 4 is 12.0 Å². The lowest BCUT2D eigenvalue weighted by Crippen LogP contribution is -2.44. The summed E-state index contributed by atoms with van der Waals surface area (Å²) in [6.07, 6.45) is 6.96. The number of rotatable bonds is 4. The van der Waals surface area contributed by atoms with Crippen molar-refractivity contribution in [2.75, 3.05) is 13.6 Å². The van der Waals surface area contributed by atoms with E-state index in [-0.39, 0.29) is 19.0 Å². The van der Waals surface area contributed by atoms with Crippen LogP contribution in [0.3, 0.4) is 0 Å². The van der Waals surface area contributed by atoms with E-state index in [1.165, 1.54) is 25.7 Å². The Morgan fingerprint density at radius 1 is 1.24 bits per heavy atom. The molecule has 2 amide bonds. The van der Waals surface area contributed by atoms with Crippen LogP contribution in [0.2, 0.25) is 0 Å². The van der Waals surface area contributed by atoms with Crippen molar-refractivity contribution < 1.29 is 14.7 Å². The summed E-state index contributed by atoms with van der Waals surface area (Å²) in [4.78, 5) is 23.8. The highest BCUT2D eigenvalue weighted by atomic mass is 16.4. The molecule has 0 aromatic heterocycles. The second kappa shape index (κ2) is 7.14. The Bertz CT molecular complexity index is 260. The molecule has 17 heavy (non-hydrogen) atoms. The van der Waals surface area contributed by atoms with E-state index in [2.05, 4.69) is 5.32 Å². The molecule has 0 radical (unpaired) electrons. The fourth-order valence-electron chi connectivity index (χ4n) is 2.21. The minimum absolute atomic E-state index is 0.0236. The molecule has 1 fully saturated rings. The van der Waals surface area contributed by atoms with Crippen molar-refractivity contribution in [1.29, 1.82) is 0 Å². The average Bonchev–Trinajstić information content (AvgIpc) is 2.55. The molecule has 0 aromatic rings. The minimum atomic E-state index is -0.887. The van der Waals surface area contributed by atoms with Crippen LogP contribution >= 0.6 is 0 Å². The quantitative estimate of drug-likeness (QED) is 0.739. The first-order valence-electron chi connectivity index (χ1n) is 6.33. The Labute approximate surface area is 102 Å². The van der Waals surface area contributed by atoms with Crippen LogP contribution < -0.4 is 5.32 Å². The van der Waals surface area contributed by atoms with Crippen LogP contribution in [0.25, 0.3) is 0 Å². The number of carboxylic acid groups (broad SMARTS) is 1. The number of carbonyl (C=O) groups is 2. The van der Waals surface area contributed by atoms with Crippen LogP contribution in [-0.2, 0) is 4.79 Å². The first-order chi connectivity index (χ1) is 8.11. The van der Waals surface area contributed by atoms with Gasteiger partial charge in [-0.25, -0.2) is 4.79 Å². The van der Waals surface area contributed by atoms with Crippen molar-refractivity contribution in [3.63, 3.8) is 0 Å². The number of urea groups is 1. The number of nitrogens with zero attached hydrogens (tertiary/aromatic N) is 1. The zero-order valence-electron chi connectivity index (χ0n) is 10.4. The number of nitrogens with one attached hydrogen (secondary N) is 1. The highest BCUT2D eigenvalue weighted by Crippen LogP contribution is 2.20. The zero-order chi connectivity index (χ0) is 12.7. The van der Waals surface area contributed by atoms with E-state index in [4.69, 9.17) is 5.11 Å². The van der Waals surface area contributed by atoms with Gasteiger partial charge in [-0.3, -0.25) is 4.79 Å². The van der Waals surface area contributed by atoms with E-state index < -0.39 is 5.97 Å². The van der Waals surface area contributed by atoms with Crippen LogP contribution in [0.5, 0.6) is 0 Å². The molecule has 5 nitrogen and oxygen atoms in total. The van der Waals surface area contributed by atoms with Crippen LogP contribution in [0, 0.1) is 0 Å². The number of aliphatic carboxylic acids is 1. The van der Waals surface area contributed by atoms with Crippen molar-refractivity contribution in [3.05, 3.63) is 0 Å². The third-order valence-corrected chi connectivity index (χ3v) is 3.31. The Morgan fingerprint density at radius 3 is 2.35 bits per heavy atom. The molecule has 0 spiro atoms. The van der Waals surface area contributed by atoms with Gasteiger partial charge in [0.25, 0.3) is 0 Å². The first kappa shape index (κ1) is 13.8. The van der Waals surface area contributed by atoms with Gasteiger partial charge in [0.05, 0.1) is 6.42 Å². The molecular weight excluding hydrogens is 220 g/mol. The van der Waals surface area contributed by atoms with Crippen LogP contribution in [0.4, 0.5) is 4.79 Å². The summed E-state index contributed by atoms with van der Waals surface area (Å²) >= 11 is 0. The number of carbonyl (C=O) groups excluding carboxylic acids is 1. The molecule has 98 valence electrons. The molecule has 1 aliphatic carbocycles. The van der Waals surface area contributed by atoms with Gasteiger partial charge >= 0.3 is 12.0 Å². The lowest BCUT2D eigenvalue weighted by atomic mass is 10.1. The zero-order valence-corrected chi connectivity index (χ0v) is 10.4. The standard InChI is InChI=1S/C12H22N2O3/c1-14(10-6-4-2-3-5-7-10)12(17)13-9-8-11(15)16/h10H,2-9H2,1H3,(H,13,17)(H,15,16). The van der Waals surface area contributed by atoms with Crippen molar-refractivity contribution in [2.24, 2.45) is 0 Å². The summed E-state index contributed by atoms with van der Waals surface area (Å²) in [7, 11) is 1.80. The predicted molar refractivity (Wildman–Crippen MR) is 64.9 cm³/mol. The van der Waals surface area contributed by atoms with E-state index in [9.17, 15) is 9.59 Å². The molecule has 1 saturated carbocycles. The SMILES string of the molecule is CN(C(=O)NCCC(=O)O)C1CCCCCC1. The molecule has 0 saturated heterocycles. The molecule has 1 aliphatic rings. The van der Waals surface area contributed by atoms with Gasteiger partial charge in [-0.15, -0.1) is 0 Å². The maximum absolute atomic E-state index is 11.8. The van der Waals surface area contributed by atoms with Crippen molar-refractivity contribution in [2.45, 2.75) is 51.0 Å². The van der Waals surface area contributed by atoms with Gasteiger partial charge in [-0.2, -0.15) is 0 Å². The molecule has 0 atom stereocenters. The van der Waals surface area contributed by atoms with Crippen LogP contribution in [-0.4, -0.2) is 41.6 Å². The van der Waals surface area contributed by atoms with E-state index in [1.54, 1.807) is 11.9 Å². The van der Waals surface area contributed by atoms with Gasteiger partial charge in [-0.05, 0) is 12.8 Å². The number of carboxylic acids is 1. The van der Waals surface area contributed by atoms with Crippen LogP contribution in [0.1, 0.15) is 44.9 Å². The Balaban J connectivity index is 2.31. The van der Waals surface area contributed by atoms with E-state index >= 15 is 0 Å². The highest BCUT2D eigenvalue weighted by Gasteiger charge is 2.20. The Morgan fingerprint density at radius 2 is 1.82 bits per heavy atom. The fourth-order valence-corrected chi connectivity index (χ4v) is 2.21. The van der Waals surface area contributed by atoms with E-state index in [0.717, 1.165) is 12.8 Å². The first-order valence-corrected chi connectivity index (χ1v) is 6.33. The summed E-state index contributed by atoms with van der Waals surface area (Å²) in [5, 5.41) is 11.1. The average molecular weight is 242 g/mol. The third kappa shape index (κ3) is 5.06. The van der Waals surface area contributed by atoms with Gasteiger partial charge in [0.2, 0.25) is 0 Å². The van der Waals surface area contributed by atoms with Crippen molar-refractivity contribution in [1.82, 2.24) is 10.2 Å². The second-order valence-electron chi connectivity index (χ2n) is 4.63. The summed E-state index contributed by atoms with van der Waals surface area (Å²) in [6.45, 7) is 0.200. The number of amides is 2. The summed E-state index contributed by atoms with van der Waals surface area (Å²) in [5.41, 5.74) is 0. The topological polar surface area (TPSA) is 69.6 Å². The molecule has 0 unspecified atom stereocenters. The molecule has 5 heteroatoms. The van der Waals surface area contributed by atoms with Gasteiger partial charge in [-0.1, -0.05) is 25.7 Å². The molecule has 2 N–H and O–H groups in total. The smallest absolute Gasteiger partial charge is 0.317 e. The summed E-state index contributed by atoms with van der Waals surface area (Å²) in [5.74, 6) is -0.887. The van der Waals surface area contributed by atoms with Gasteiger partial charge < -0.3 is 15.3 Å². The lowest BCUT2D eigenvalue weighted by Gasteiger charge is -2.27. The van der Waals surface area contributed by atoms with Gasteiger partial charge in [0.1, 0.15) is 0 Å². The van der Waals surface area contributed by atoms with Gasteiger partial charge in [0.15, 0.2) is 0 Å². The Kier molecular flexibility index (Phi) is 5.80. The molecule has 0 bridgehead atoms. The maximum Gasteiger partial charge on any atom is 0.317 e. The maximum atomic E-state index is 11.8. The van der Waals surface area contributed by atoms with E-state index in [0.29, 0.717) is 6.04 Å². The number of hydrogen-bond acceptors (Lipinski definition) is 2. The normalized spacial score (nSPS) is 17.2. The summed E-state index contributed by atoms with van der Waals surface area (Å²) < 4.78 is 0. The largest absolute Gasteiger partial charge is 0.481 e. The molecule has 0 heterocycles. The summed E-state index contributed by atoms with van der Waals surface area (Å²) in [6, 6.07) is 0.153. The molecular formula is C12H22N2O3. The van der Waals surface area contributed by atoms with Crippen molar-refractivity contribution in [3.8, 4) is 0 Å². The second-order valence-corrected chi connectivity index (χ2v) is 4.63. The molecule has 0 aliphatic heterocycles. The van der Waals surface area contributed by atoms with Crippen LogP contribution in [0.15, 0.2) is 0 Å². The predicted octanol–water partition coefficient (Wildman–Crippen LogP) is 1.83. The lowest BCUT2D eigenvalue weighted by molar-refractivity contribution is -0.136. The fraction of sp³-hybridized carbons (Fsp3) is 0.833. The molecule has 1 rings (SSSR count). The minimum Gasteiger partial charge on any atom is -0.481 e. The highest BCUT2D eigenvalue weighted by molar-refractivity contribution is 5.75. The Hall–Kier alpha value is -1.26. The van der Waals surface area contributed by atoms with Gasteiger partial charge in [0, 0.05) is 19.6 Å². The molecule has 0 aromatic carbocycles. The van der Waals surface area contributed by atoms with E-state index in [1.807, 2.05) is 0 Å². The third-order valence-electron chi connectivity index (χ3n) is 3.31.